The quantitative estimate of drug-likeness (QED) is 0.0626. The Morgan fingerprint density at radius 1 is 0.720 bits per heavy atom. The van der Waals surface area contributed by atoms with E-state index in [-0.39, 0.29) is 0 Å². The van der Waals surface area contributed by atoms with Crippen molar-refractivity contribution in [2.75, 3.05) is 0 Å². The lowest BCUT2D eigenvalue weighted by Crippen LogP contribution is -2.27. The van der Waals surface area contributed by atoms with Crippen LogP contribution in [-0.2, 0) is 26.7 Å². The second-order valence-corrected chi connectivity index (χ2v) is 18.9. The summed E-state index contributed by atoms with van der Waals surface area (Å²) < 4.78 is 40.7. The van der Waals surface area contributed by atoms with Gasteiger partial charge in [-0.25, -0.2) is 0 Å². The van der Waals surface area contributed by atoms with Crippen molar-refractivity contribution >= 4 is 26.2 Å². The molecule has 0 heterocycles. The number of ether oxygens (including phenoxy) is 2. The van der Waals surface area contributed by atoms with Gasteiger partial charge >= 0.3 is 0 Å². The van der Waals surface area contributed by atoms with Crippen LogP contribution in [0.1, 0.15) is 105 Å². The molecule has 4 nitrogen and oxygen atoms in total. The van der Waals surface area contributed by atoms with Crippen molar-refractivity contribution in [3.05, 3.63) is 127 Å². The third kappa shape index (κ3) is 11.6. The summed E-state index contributed by atoms with van der Waals surface area (Å²) in [5, 5.41) is -0.223. The molecule has 50 heavy (non-hydrogen) atoms. The SMILES string of the molecule is C=C/C=C\C(CCCC)=C(/C=C)OC(C)(C)[PH](=O)c1ccc(-c2ccc([PH](=O)C(C)(C)Oc3ccc(CCCC)cc3CCCC)cc2)cc1. The smallest absolute Gasteiger partial charge is 0.157 e. The van der Waals surface area contributed by atoms with E-state index in [0.717, 1.165) is 78.0 Å². The normalized spacial score (nSPS) is 13.8. The molecule has 270 valence electrons. The molecule has 0 aliphatic carbocycles. The van der Waals surface area contributed by atoms with Gasteiger partial charge in [-0.1, -0.05) is 132 Å². The largest absolute Gasteiger partial charge is 0.480 e. The molecular formula is C44H60O4P2. The van der Waals surface area contributed by atoms with E-state index >= 15 is 0 Å². The first kappa shape index (κ1) is 41.1. The first-order valence-electron chi connectivity index (χ1n) is 18.3. The number of allylic oxidation sites excluding steroid dienone is 5. The molecule has 0 amide bonds. The molecule has 3 rings (SSSR count). The van der Waals surface area contributed by atoms with E-state index in [4.69, 9.17) is 9.47 Å². The fourth-order valence-corrected chi connectivity index (χ4v) is 8.61. The Kier molecular flexibility index (Phi) is 16.4. The summed E-state index contributed by atoms with van der Waals surface area (Å²) >= 11 is 0. The average molecular weight is 715 g/mol. The van der Waals surface area contributed by atoms with Crippen molar-refractivity contribution in [3.8, 4) is 16.9 Å². The summed E-state index contributed by atoms with van der Waals surface area (Å²) in [4.78, 5) is 0. The van der Waals surface area contributed by atoms with Crippen molar-refractivity contribution < 1.29 is 18.6 Å². The molecule has 3 aromatic carbocycles. The highest BCUT2D eigenvalue weighted by Crippen LogP contribution is 2.43. The summed E-state index contributed by atoms with van der Waals surface area (Å²) in [5.41, 5.74) is 5.56. The highest BCUT2D eigenvalue weighted by atomic mass is 31.1. The van der Waals surface area contributed by atoms with Gasteiger partial charge in [0.15, 0.2) is 10.7 Å². The van der Waals surface area contributed by atoms with Crippen LogP contribution in [0.15, 0.2) is 116 Å². The summed E-state index contributed by atoms with van der Waals surface area (Å²) in [6, 6.07) is 22.2. The Morgan fingerprint density at radius 2 is 1.26 bits per heavy atom. The lowest BCUT2D eigenvalue weighted by Gasteiger charge is -2.28. The molecule has 0 bridgehead atoms. The van der Waals surface area contributed by atoms with Crippen LogP contribution in [0.4, 0.5) is 0 Å². The minimum Gasteiger partial charge on any atom is -0.480 e. The van der Waals surface area contributed by atoms with Crippen LogP contribution in [0.5, 0.6) is 5.75 Å². The highest BCUT2D eigenvalue weighted by molar-refractivity contribution is 7.55. The molecule has 0 aliphatic rings. The van der Waals surface area contributed by atoms with Gasteiger partial charge in [-0.2, -0.15) is 0 Å². The second kappa shape index (κ2) is 19.9. The number of benzene rings is 3. The monoisotopic (exact) mass is 714 g/mol. The summed E-state index contributed by atoms with van der Waals surface area (Å²) in [5.74, 6) is 1.49. The number of rotatable bonds is 21. The third-order valence-corrected chi connectivity index (χ3v) is 13.0. The van der Waals surface area contributed by atoms with Crippen LogP contribution in [0.2, 0.25) is 0 Å². The van der Waals surface area contributed by atoms with Gasteiger partial charge in [0.05, 0.1) is 0 Å². The van der Waals surface area contributed by atoms with Crippen LogP contribution >= 0.6 is 15.6 Å². The predicted octanol–water partition coefficient (Wildman–Crippen LogP) is 12.3. The second-order valence-electron chi connectivity index (χ2n) is 14.0. The summed E-state index contributed by atoms with van der Waals surface area (Å²) in [7, 11) is -4.65. The molecule has 0 aliphatic heterocycles. The van der Waals surface area contributed by atoms with E-state index < -0.39 is 26.3 Å². The molecule has 0 radical (unpaired) electrons. The van der Waals surface area contributed by atoms with Crippen LogP contribution < -0.4 is 15.3 Å². The molecule has 0 saturated carbocycles. The van der Waals surface area contributed by atoms with E-state index in [0.29, 0.717) is 5.76 Å². The van der Waals surface area contributed by atoms with Gasteiger partial charge in [-0.05, 0) is 106 Å². The molecule has 2 unspecified atom stereocenters. The van der Waals surface area contributed by atoms with E-state index in [9.17, 15) is 9.13 Å². The minimum absolute atomic E-state index is 0.654. The molecular weight excluding hydrogens is 654 g/mol. The first-order valence-corrected chi connectivity index (χ1v) is 21.2. The maximum Gasteiger partial charge on any atom is 0.157 e. The lowest BCUT2D eigenvalue weighted by atomic mass is 10.0. The molecule has 0 fully saturated rings. The Labute approximate surface area is 304 Å². The van der Waals surface area contributed by atoms with E-state index in [1.54, 1.807) is 12.2 Å². The van der Waals surface area contributed by atoms with Crippen molar-refractivity contribution in [2.24, 2.45) is 0 Å². The number of unbranched alkanes of at least 4 members (excludes halogenated alkanes) is 3. The lowest BCUT2D eigenvalue weighted by molar-refractivity contribution is 0.116. The standard InChI is InChI=1S/C44H60O4P2/c1-10-15-19-34-23-32-42(38(33-34)22-18-13-4)48-44(8,9)50(46)40-30-26-36(27-31-40)35-24-28-39(29-25-35)49(45)43(6,7)47-41(14-5)37(20-16-11-2)21-17-12-3/h11,14,16,20,23-33,49-50H,2,5,10,12-13,15,17-19,21-22H2,1,3-4,6-9H3/b20-16-,41-37-. The number of hydrogen-bond donors (Lipinski definition) is 0. The Hall–Kier alpha value is -3.32. The van der Waals surface area contributed by atoms with Gasteiger partial charge in [0.25, 0.3) is 0 Å². The number of aryl methyl sites for hydroxylation is 2. The third-order valence-electron chi connectivity index (χ3n) is 8.93. The minimum atomic E-state index is -2.34. The van der Waals surface area contributed by atoms with E-state index in [1.165, 1.54) is 24.0 Å². The van der Waals surface area contributed by atoms with Crippen LogP contribution in [0, 0.1) is 0 Å². The van der Waals surface area contributed by atoms with Crippen molar-refractivity contribution in [3.63, 3.8) is 0 Å². The van der Waals surface area contributed by atoms with Gasteiger partial charge in [0.1, 0.15) is 27.1 Å². The summed E-state index contributed by atoms with van der Waals surface area (Å²) in [6.07, 6.45) is 16.8. The first-order chi connectivity index (χ1) is 23.9. The average Bonchev–Trinajstić information content (AvgIpc) is 3.12. The fourth-order valence-electron chi connectivity index (χ4n) is 5.88. The van der Waals surface area contributed by atoms with Gasteiger partial charge in [-0.15, -0.1) is 0 Å². The zero-order valence-corrected chi connectivity index (χ0v) is 33.6. The van der Waals surface area contributed by atoms with Crippen molar-refractivity contribution in [2.45, 2.75) is 117 Å². The molecule has 0 saturated heterocycles. The molecule has 0 aromatic heterocycles. The van der Waals surface area contributed by atoms with Crippen LogP contribution in [-0.4, -0.2) is 10.7 Å². The zero-order chi connectivity index (χ0) is 36.7. The molecule has 6 heteroatoms. The maximum absolute atomic E-state index is 13.9. The van der Waals surface area contributed by atoms with Crippen LogP contribution in [0.25, 0.3) is 11.1 Å². The van der Waals surface area contributed by atoms with Gasteiger partial charge in [0.2, 0.25) is 0 Å². The van der Waals surface area contributed by atoms with Crippen LogP contribution in [0.3, 0.4) is 0 Å². The van der Waals surface area contributed by atoms with E-state index in [2.05, 4.69) is 52.1 Å². The van der Waals surface area contributed by atoms with Gasteiger partial charge < -0.3 is 18.6 Å². The predicted molar refractivity (Wildman–Crippen MR) is 219 cm³/mol. The zero-order valence-electron chi connectivity index (χ0n) is 31.6. The Bertz CT molecular complexity index is 1660. The van der Waals surface area contributed by atoms with Gasteiger partial charge in [-0.3, -0.25) is 0 Å². The van der Waals surface area contributed by atoms with Crippen molar-refractivity contribution in [1.29, 1.82) is 0 Å². The highest BCUT2D eigenvalue weighted by Gasteiger charge is 2.31. The molecule has 0 spiro atoms. The Morgan fingerprint density at radius 3 is 1.78 bits per heavy atom. The molecule has 2 atom stereocenters. The van der Waals surface area contributed by atoms with E-state index in [1.807, 2.05) is 88.4 Å². The van der Waals surface area contributed by atoms with Gasteiger partial charge in [0, 0.05) is 10.6 Å². The Balaban J connectivity index is 1.76. The molecule has 3 aromatic rings. The topological polar surface area (TPSA) is 52.6 Å². The number of hydrogen-bond acceptors (Lipinski definition) is 4. The maximum atomic E-state index is 13.9. The summed E-state index contributed by atoms with van der Waals surface area (Å²) in [6.45, 7) is 21.9. The molecule has 0 N–H and O–H groups in total. The fraction of sp³-hybridized carbons (Fsp3) is 0.409. The van der Waals surface area contributed by atoms with Crippen molar-refractivity contribution in [1.82, 2.24) is 0 Å².